The number of amides is 1. The summed E-state index contributed by atoms with van der Waals surface area (Å²) in [7, 11) is -4.01. The molecule has 166 valence electrons. The zero-order valence-electron chi connectivity index (χ0n) is 16.0. The number of hydrogen-bond acceptors (Lipinski definition) is 6. The molecule has 13 heteroatoms. The van der Waals surface area contributed by atoms with Crippen LogP contribution in [0.15, 0.2) is 45.3 Å². The van der Waals surface area contributed by atoms with Crippen molar-refractivity contribution < 1.29 is 26.4 Å². The van der Waals surface area contributed by atoms with E-state index in [1.165, 1.54) is 27.4 Å². The Morgan fingerprint density at radius 3 is 2.29 bits per heavy atom. The molecule has 0 spiro atoms. The van der Waals surface area contributed by atoms with Crippen LogP contribution in [0.4, 0.5) is 13.2 Å². The third-order valence-electron chi connectivity index (χ3n) is 5.13. The van der Waals surface area contributed by atoms with Crippen LogP contribution in [0.3, 0.4) is 0 Å². The molecular formula is C18H17F3N4O4S2. The van der Waals surface area contributed by atoms with Crippen LogP contribution in [0.2, 0.25) is 0 Å². The van der Waals surface area contributed by atoms with Crippen molar-refractivity contribution in [3.05, 3.63) is 51.9 Å². The predicted molar refractivity (Wildman–Crippen MR) is 105 cm³/mol. The first kappa shape index (κ1) is 21.8. The van der Waals surface area contributed by atoms with Crippen molar-refractivity contribution in [2.75, 3.05) is 31.9 Å². The number of thioether (sulfide) groups is 1. The molecule has 0 saturated carbocycles. The summed E-state index contributed by atoms with van der Waals surface area (Å²) >= 11 is 1.43. The molecule has 0 radical (unpaired) electrons. The van der Waals surface area contributed by atoms with Crippen molar-refractivity contribution in [1.82, 2.24) is 18.8 Å². The number of carbonyl (C=O) groups is 1. The molecule has 0 unspecified atom stereocenters. The standard InChI is InChI=1S/C18H17F3N4O4S2/c19-18(20,21)12-1-3-13(4-2-12)31(28,29)24-7-5-23(6-8-24)15(26)14-11-22-17-25(16(14)27)9-10-30-17/h1-4,11H,5-10H2. The van der Waals surface area contributed by atoms with E-state index in [0.29, 0.717) is 17.5 Å². The number of halogens is 3. The maximum Gasteiger partial charge on any atom is 0.416 e. The van der Waals surface area contributed by atoms with E-state index in [2.05, 4.69) is 4.98 Å². The van der Waals surface area contributed by atoms with Gasteiger partial charge in [-0.1, -0.05) is 11.8 Å². The minimum absolute atomic E-state index is 0.0371. The van der Waals surface area contributed by atoms with Crippen LogP contribution >= 0.6 is 11.8 Å². The summed E-state index contributed by atoms with van der Waals surface area (Å²) in [6.07, 6.45) is -3.31. The van der Waals surface area contributed by atoms with Gasteiger partial charge in [0.25, 0.3) is 11.5 Å². The number of hydrogen-bond donors (Lipinski definition) is 0. The summed E-state index contributed by atoms with van der Waals surface area (Å²) in [6.45, 7) is 0.505. The quantitative estimate of drug-likeness (QED) is 0.627. The van der Waals surface area contributed by atoms with Gasteiger partial charge in [-0.25, -0.2) is 13.4 Å². The van der Waals surface area contributed by atoms with Gasteiger partial charge in [0, 0.05) is 44.7 Å². The molecule has 1 saturated heterocycles. The van der Waals surface area contributed by atoms with Crippen molar-refractivity contribution in [2.45, 2.75) is 22.8 Å². The van der Waals surface area contributed by atoms with Gasteiger partial charge in [-0.15, -0.1) is 0 Å². The lowest BCUT2D eigenvalue weighted by Gasteiger charge is -2.34. The zero-order valence-corrected chi connectivity index (χ0v) is 17.6. The Morgan fingerprint density at radius 1 is 1.03 bits per heavy atom. The smallest absolute Gasteiger partial charge is 0.336 e. The average molecular weight is 474 g/mol. The number of piperazine rings is 1. The maximum atomic E-state index is 12.8. The summed E-state index contributed by atoms with van der Waals surface area (Å²) in [5.41, 5.74) is -1.42. The van der Waals surface area contributed by atoms with Crippen LogP contribution in [0.25, 0.3) is 0 Å². The van der Waals surface area contributed by atoms with Crippen molar-refractivity contribution in [1.29, 1.82) is 0 Å². The number of nitrogens with zero attached hydrogens (tertiary/aromatic N) is 4. The number of alkyl halides is 3. The highest BCUT2D eigenvalue weighted by Crippen LogP contribution is 2.30. The molecule has 1 fully saturated rings. The topological polar surface area (TPSA) is 92.6 Å². The molecular weight excluding hydrogens is 457 g/mol. The second-order valence-electron chi connectivity index (χ2n) is 6.98. The summed E-state index contributed by atoms with van der Waals surface area (Å²) < 4.78 is 66.2. The first-order valence-electron chi connectivity index (χ1n) is 9.28. The molecule has 0 N–H and O–H groups in total. The monoisotopic (exact) mass is 474 g/mol. The Balaban J connectivity index is 1.46. The normalized spacial score (nSPS) is 17.6. The van der Waals surface area contributed by atoms with E-state index in [1.807, 2.05) is 0 Å². The fourth-order valence-corrected chi connectivity index (χ4v) is 5.77. The summed E-state index contributed by atoms with van der Waals surface area (Å²) in [5.74, 6) is 0.191. The van der Waals surface area contributed by atoms with Gasteiger partial charge in [0.2, 0.25) is 10.0 Å². The SMILES string of the molecule is O=C(c1cnc2n(c1=O)CCS2)N1CCN(S(=O)(=O)c2ccc(C(F)(F)F)cc2)CC1. The molecule has 3 heterocycles. The Kier molecular flexibility index (Phi) is 5.60. The van der Waals surface area contributed by atoms with E-state index in [-0.39, 0.29) is 36.6 Å². The average Bonchev–Trinajstić information content (AvgIpc) is 3.23. The lowest BCUT2D eigenvalue weighted by molar-refractivity contribution is -0.137. The van der Waals surface area contributed by atoms with E-state index >= 15 is 0 Å². The van der Waals surface area contributed by atoms with Crippen molar-refractivity contribution in [2.24, 2.45) is 0 Å². The molecule has 2 aliphatic rings. The summed E-state index contributed by atoms with van der Waals surface area (Å²) in [4.78, 5) is 30.6. The highest BCUT2D eigenvalue weighted by Gasteiger charge is 2.34. The van der Waals surface area contributed by atoms with E-state index in [4.69, 9.17) is 0 Å². The molecule has 1 aromatic heterocycles. The summed E-state index contributed by atoms with van der Waals surface area (Å²) in [6, 6.07) is 3.29. The van der Waals surface area contributed by atoms with Crippen LogP contribution in [0.1, 0.15) is 15.9 Å². The van der Waals surface area contributed by atoms with E-state index < -0.39 is 33.2 Å². The van der Waals surface area contributed by atoms with E-state index in [0.717, 1.165) is 28.6 Å². The third kappa shape index (κ3) is 4.08. The Labute approximate surface area is 179 Å². The Hall–Kier alpha value is -2.38. The van der Waals surface area contributed by atoms with Crippen LogP contribution in [-0.2, 0) is 22.7 Å². The lowest BCUT2D eigenvalue weighted by atomic mass is 10.2. The van der Waals surface area contributed by atoms with Crippen LogP contribution < -0.4 is 5.56 Å². The van der Waals surface area contributed by atoms with Gasteiger partial charge >= 0.3 is 6.18 Å². The Bertz CT molecular complexity index is 1170. The fraction of sp³-hybridized carbons (Fsp3) is 0.389. The molecule has 4 rings (SSSR count). The second-order valence-corrected chi connectivity index (χ2v) is 9.98. The van der Waals surface area contributed by atoms with Crippen LogP contribution in [0, 0.1) is 0 Å². The first-order valence-corrected chi connectivity index (χ1v) is 11.7. The minimum Gasteiger partial charge on any atom is -0.336 e. The fourth-order valence-electron chi connectivity index (χ4n) is 3.43. The van der Waals surface area contributed by atoms with Gasteiger partial charge < -0.3 is 4.90 Å². The molecule has 2 aromatic rings. The number of benzene rings is 1. The van der Waals surface area contributed by atoms with E-state index in [9.17, 15) is 31.2 Å². The predicted octanol–water partition coefficient (Wildman–Crippen LogP) is 1.51. The van der Waals surface area contributed by atoms with Crippen molar-refractivity contribution in [3.8, 4) is 0 Å². The molecule has 31 heavy (non-hydrogen) atoms. The first-order chi connectivity index (χ1) is 14.6. The van der Waals surface area contributed by atoms with Crippen LogP contribution in [0.5, 0.6) is 0 Å². The molecule has 0 atom stereocenters. The summed E-state index contributed by atoms with van der Waals surface area (Å²) in [5, 5.41) is 0.564. The largest absolute Gasteiger partial charge is 0.416 e. The van der Waals surface area contributed by atoms with Gasteiger partial charge in [0.1, 0.15) is 5.56 Å². The van der Waals surface area contributed by atoms with Gasteiger partial charge in [-0.05, 0) is 24.3 Å². The van der Waals surface area contributed by atoms with Gasteiger partial charge in [0.15, 0.2) is 5.16 Å². The van der Waals surface area contributed by atoms with Gasteiger partial charge in [-0.3, -0.25) is 14.2 Å². The van der Waals surface area contributed by atoms with Crippen molar-refractivity contribution in [3.63, 3.8) is 0 Å². The Morgan fingerprint density at radius 2 is 1.68 bits per heavy atom. The number of carbonyl (C=O) groups excluding carboxylic acids is 1. The maximum absolute atomic E-state index is 12.8. The molecule has 1 amide bonds. The molecule has 8 nitrogen and oxygen atoms in total. The number of sulfonamides is 1. The molecule has 0 bridgehead atoms. The molecule has 2 aliphatic heterocycles. The lowest BCUT2D eigenvalue weighted by Crippen LogP contribution is -2.51. The number of aromatic nitrogens is 2. The van der Waals surface area contributed by atoms with Gasteiger partial charge in [-0.2, -0.15) is 17.5 Å². The molecule has 0 aliphatic carbocycles. The third-order valence-corrected chi connectivity index (χ3v) is 8.02. The highest BCUT2D eigenvalue weighted by molar-refractivity contribution is 7.99. The highest BCUT2D eigenvalue weighted by atomic mass is 32.2. The molecule has 1 aromatic carbocycles. The zero-order chi connectivity index (χ0) is 22.4. The van der Waals surface area contributed by atoms with Crippen molar-refractivity contribution >= 4 is 27.7 Å². The minimum atomic E-state index is -4.56. The second kappa shape index (κ2) is 7.95. The van der Waals surface area contributed by atoms with E-state index in [1.54, 1.807) is 0 Å². The van der Waals surface area contributed by atoms with Gasteiger partial charge in [0.05, 0.1) is 10.5 Å². The number of rotatable bonds is 3. The number of fused-ring (bicyclic) bond motifs is 1. The van der Waals surface area contributed by atoms with Crippen LogP contribution in [-0.4, -0.2) is 65.0 Å².